The zero-order valence-electron chi connectivity index (χ0n) is 12.5. The first-order valence-electron chi connectivity index (χ1n) is 7.83. The van der Waals surface area contributed by atoms with Crippen LogP contribution in [0.5, 0.6) is 0 Å². The molecule has 0 bridgehead atoms. The van der Waals surface area contributed by atoms with Crippen molar-refractivity contribution in [2.45, 2.75) is 12.8 Å². The summed E-state index contributed by atoms with van der Waals surface area (Å²) in [4.78, 5) is 18.8. The summed E-state index contributed by atoms with van der Waals surface area (Å²) in [6.07, 6.45) is 2.32. The molecule has 0 aliphatic carbocycles. The zero-order chi connectivity index (χ0) is 14.7. The Bertz CT molecular complexity index is 491. The van der Waals surface area contributed by atoms with Gasteiger partial charge in [0.05, 0.1) is 6.54 Å². The third kappa shape index (κ3) is 3.47. The summed E-state index contributed by atoms with van der Waals surface area (Å²) in [5.74, 6) is 0.296. The van der Waals surface area contributed by atoms with Gasteiger partial charge in [-0.25, -0.2) is 0 Å². The molecule has 2 aliphatic heterocycles. The summed E-state index contributed by atoms with van der Waals surface area (Å²) in [5.41, 5.74) is 7.83. The smallest absolute Gasteiger partial charge is 0.236 e. The molecule has 2 saturated heterocycles. The van der Waals surface area contributed by atoms with Crippen molar-refractivity contribution in [3.8, 4) is 0 Å². The Hall–Kier alpha value is -1.75. The average Bonchev–Trinajstić information content (AvgIpc) is 3.02. The van der Waals surface area contributed by atoms with Crippen molar-refractivity contribution in [2.24, 2.45) is 0 Å². The molecule has 1 aromatic carbocycles. The number of likely N-dealkylation sites (tertiary alicyclic amines) is 1. The Labute approximate surface area is 126 Å². The van der Waals surface area contributed by atoms with Crippen LogP contribution in [0.25, 0.3) is 0 Å². The van der Waals surface area contributed by atoms with Crippen LogP contribution in [0.4, 0.5) is 11.4 Å². The van der Waals surface area contributed by atoms with Crippen LogP contribution in [0.1, 0.15) is 12.8 Å². The molecule has 0 atom stereocenters. The van der Waals surface area contributed by atoms with Gasteiger partial charge in [-0.15, -0.1) is 0 Å². The van der Waals surface area contributed by atoms with Crippen LogP contribution in [-0.2, 0) is 4.79 Å². The predicted molar refractivity (Wildman–Crippen MR) is 85.3 cm³/mol. The Balaban J connectivity index is 1.49. The molecular weight excluding hydrogens is 264 g/mol. The molecule has 3 rings (SSSR count). The molecule has 114 valence electrons. The Morgan fingerprint density at radius 3 is 2.43 bits per heavy atom. The summed E-state index contributed by atoms with van der Waals surface area (Å²) >= 11 is 0. The highest BCUT2D eigenvalue weighted by molar-refractivity contribution is 5.78. The molecule has 0 unspecified atom stereocenters. The number of carbonyl (C=O) groups is 1. The fourth-order valence-electron chi connectivity index (χ4n) is 3.14. The van der Waals surface area contributed by atoms with Crippen molar-refractivity contribution in [2.75, 3.05) is 56.4 Å². The van der Waals surface area contributed by atoms with E-state index < -0.39 is 0 Å². The molecule has 0 saturated carbocycles. The fourth-order valence-corrected chi connectivity index (χ4v) is 3.14. The van der Waals surface area contributed by atoms with Gasteiger partial charge in [0.2, 0.25) is 5.91 Å². The van der Waals surface area contributed by atoms with Crippen molar-refractivity contribution in [1.29, 1.82) is 0 Å². The highest BCUT2D eigenvalue weighted by atomic mass is 16.2. The van der Waals surface area contributed by atoms with Gasteiger partial charge in [-0.05, 0) is 31.0 Å². The number of nitrogen functional groups attached to an aromatic ring is 1. The van der Waals surface area contributed by atoms with Crippen molar-refractivity contribution in [3.63, 3.8) is 0 Å². The first-order chi connectivity index (χ1) is 10.2. The van der Waals surface area contributed by atoms with Gasteiger partial charge in [-0.1, -0.05) is 6.07 Å². The predicted octanol–water partition coefficient (Wildman–Crippen LogP) is 1.01. The van der Waals surface area contributed by atoms with E-state index in [1.54, 1.807) is 0 Å². The van der Waals surface area contributed by atoms with Gasteiger partial charge in [-0.2, -0.15) is 0 Å². The number of rotatable bonds is 3. The number of nitrogens with zero attached hydrogens (tertiary/aromatic N) is 3. The largest absolute Gasteiger partial charge is 0.399 e. The first-order valence-corrected chi connectivity index (χ1v) is 7.83. The van der Waals surface area contributed by atoms with E-state index >= 15 is 0 Å². The Morgan fingerprint density at radius 1 is 1.05 bits per heavy atom. The number of hydrogen-bond acceptors (Lipinski definition) is 4. The number of hydrogen-bond donors (Lipinski definition) is 1. The summed E-state index contributed by atoms with van der Waals surface area (Å²) in [7, 11) is 0. The number of anilines is 2. The minimum atomic E-state index is 0.296. The molecule has 1 amide bonds. The summed E-state index contributed by atoms with van der Waals surface area (Å²) in [5, 5.41) is 0. The Kier molecular flexibility index (Phi) is 4.29. The molecular formula is C16H24N4O. The third-order valence-electron chi connectivity index (χ3n) is 4.43. The van der Waals surface area contributed by atoms with Gasteiger partial charge >= 0.3 is 0 Å². The summed E-state index contributed by atoms with van der Waals surface area (Å²) in [6.45, 7) is 6.26. The minimum Gasteiger partial charge on any atom is -0.399 e. The van der Waals surface area contributed by atoms with Gasteiger partial charge in [0.25, 0.3) is 0 Å². The fraction of sp³-hybridized carbons (Fsp3) is 0.562. The summed E-state index contributed by atoms with van der Waals surface area (Å²) in [6, 6.07) is 8.02. The van der Waals surface area contributed by atoms with Gasteiger partial charge in [-0.3, -0.25) is 9.69 Å². The van der Waals surface area contributed by atoms with Crippen molar-refractivity contribution in [3.05, 3.63) is 24.3 Å². The van der Waals surface area contributed by atoms with Crippen LogP contribution in [0.2, 0.25) is 0 Å². The molecule has 2 aliphatic rings. The van der Waals surface area contributed by atoms with E-state index in [0.717, 1.165) is 57.8 Å². The van der Waals surface area contributed by atoms with Crippen LogP contribution < -0.4 is 10.6 Å². The summed E-state index contributed by atoms with van der Waals surface area (Å²) < 4.78 is 0. The topological polar surface area (TPSA) is 52.8 Å². The number of amides is 1. The van der Waals surface area contributed by atoms with E-state index in [2.05, 4.69) is 15.9 Å². The third-order valence-corrected chi connectivity index (χ3v) is 4.43. The van der Waals surface area contributed by atoms with Gasteiger partial charge in [0.15, 0.2) is 0 Å². The van der Waals surface area contributed by atoms with E-state index in [1.807, 2.05) is 23.1 Å². The molecule has 2 fully saturated rings. The second-order valence-corrected chi connectivity index (χ2v) is 5.95. The van der Waals surface area contributed by atoms with Crippen LogP contribution in [0.15, 0.2) is 24.3 Å². The number of benzene rings is 1. The highest BCUT2D eigenvalue weighted by Gasteiger charge is 2.23. The lowest BCUT2D eigenvalue weighted by molar-refractivity contribution is -0.131. The number of piperazine rings is 1. The van der Waals surface area contributed by atoms with Crippen LogP contribution in [0.3, 0.4) is 0 Å². The lowest BCUT2D eigenvalue weighted by Gasteiger charge is -2.36. The standard InChI is InChI=1S/C16H24N4O/c17-14-4-3-5-15(12-14)19-10-8-18(9-11-19)13-16(21)20-6-1-2-7-20/h3-5,12H,1-2,6-11,13,17H2. The quantitative estimate of drug-likeness (QED) is 0.844. The lowest BCUT2D eigenvalue weighted by atomic mass is 10.2. The zero-order valence-corrected chi connectivity index (χ0v) is 12.5. The van der Waals surface area contributed by atoms with Crippen LogP contribution >= 0.6 is 0 Å². The minimum absolute atomic E-state index is 0.296. The first kappa shape index (κ1) is 14.2. The molecule has 2 N–H and O–H groups in total. The van der Waals surface area contributed by atoms with Crippen LogP contribution in [-0.4, -0.2) is 61.5 Å². The maximum absolute atomic E-state index is 12.2. The van der Waals surface area contributed by atoms with Crippen molar-refractivity contribution < 1.29 is 4.79 Å². The van der Waals surface area contributed by atoms with E-state index in [4.69, 9.17) is 5.73 Å². The molecule has 21 heavy (non-hydrogen) atoms. The highest BCUT2D eigenvalue weighted by Crippen LogP contribution is 2.19. The average molecular weight is 288 g/mol. The van der Waals surface area contributed by atoms with Gasteiger partial charge in [0.1, 0.15) is 0 Å². The SMILES string of the molecule is Nc1cccc(N2CCN(CC(=O)N3CCCC3)CC2)c1. The maximum Gasteiger partial charge on any atom is 0.236 e. The van der Waals surface area contributed by atoms with Crippen molar-refractivity contribution >= 4 is 17.3 Å². The molecule has 0 spiro atoms. The van der Waals surface area contributed by atoms with E-state index in [0.29, 0.717) is 12.5 Å². The number of carbonyl (C=O) groups excluding carboxylic acids is 1. The van der Waals surface area contributed by atoms with Crippen LogP contribution in [0, 0.1) is 0 Å². The molecule has 2 heterocycles. The maximum atomic E-state index is 12.2. The molecule has 5 nitrogen and oxygen atoms in total. The number of nitrogens with two attached hydrogens (primary N) is 1. The second-order valence-electron chi connectivity index (χ2n) is 5.95. The normalized spacial score (nSPS) is 20.0. The van der Waals surface area contributed by atoms with Gasteiger partial charge in [0, 0.05) is 50.6 Å². The monoisotopic (exact) mass is 288 g/mol. The molecule has 5 heteroatoms. The molecule has 0 aromatic heterocycles. The molecule has 1 aromatic rings. The molecule has 0 radical (unpaired) electrons. The van der Waals surface area contributed by atoms with E-state index in [-0.39, 0.29) is 0 Å². The second kappa shape index (κ2) is 6.35. The Morgan fingerprint density at radius 2 is 1.76 bits per heavy atom. The lowest BCUT2D eigenvalue weighted by Crippen LogP contribution is -2.49. The van der Waals surface area contributed by atoms with E-state index in [1.165, 1.54) is 5.69 Å². The van der Waals surface area contributed by atoms with Crippen molar-refractivity contribution in [1.82, 2.24) is 9.80 Å². The van der Waals surface area contributed by atoms with E-state index in [9.17, 15) is 4.79 Å². The van der Waals surface area contributed by atoms with Gasteiger partial charge < -0.3 is 15.5 Å².